The number of carbonyl (C=O) groups excluding carboxylic acids is 3. The van der Waals surface area contributed by atoms with Gasteiger partial charge in [0.25, 0.3) is 0 Å². The van der Waals surface area contributed by atoms with E-state index in [1.165, 1.54) is 4.90 Å². The molecule has 140 valence electrons. The van der Waals surface area contributed by atoms with Gasteiger partial charge in [0.05, 0.1) is 11.6 Å². The lowest BCUT2D eigenvalue weighted by Gasteiger charge is -2.28. The quantitative estimate of drug-likeness (QED) is 0.731. The van der Waals surface area contributed by atoms with Gasteiger partial charge in [0, 0.05) is 24.5 Å². The number of carbonyl (C=O) groups is 3. The Morgan fingerprint density at radius 3 is 2.70 bits per heavy atom. The minimum Gasteiger partial charge on any atom is -0.352 e. The number of rotatable bonds is 7. The van der Waals surface area contributed by atoms with Crippen LogP contribution < -0.4 is 5.32 Å². The molecule has 0 saturated carbocycles. The van der Waals surface area contributed by atoms with Crippen molar-refractivity contribution in [3.05, 3.63) is 59.2 Å². The Balaban J connectivity index is 1.40. The summed E-state index contributed by atoms with van der Waals surface area (Å²) < 4.78 is 0. The highest BCUT2D eigenvalue weighted by Crippen LogP contribution is 2.20. The first-order valence-corrected chi connectivity index (χ1v) is 9.22. The van der Waals surface area contributed by atoms with Gasteiger partial charge in [-0.1, -0.05) is 42.0 Å². The molecule has 7 heteroatoms. The molecule has 0 spiro atoms. The van der Waals surface area contributed by atoms with Gasteiger partial charge in [-0.15, -0.1) is 0 Å². The Morgan fingerprint density at radius 1 is 1.15 bits per heavy atom. The number of nitrogens with one attached hydrogen (secondary N) is 1. The summed E-state index contributed by atoms with van der Waals surface area (Å²) in [6, 6.07) is 6.75. The standard InChI is InChI=1S/C20H20ClN3O3/c21-15-10-8-14(9-11-15)13-22-18(25)7-3-4-12-24-19(26)16-5-1-2-6-17(16)23-20(24)27/h1-2,5-6,8-11,16H,3-4,7,12-13H2,(H,22,25). The highest BCUT2D eigenvalue weighted by Gasteiger charge is 2.35. The van der Waals surface area contributed by atoms with E-state index in [9.17, 15) is 14.4 Å². The predicted molar refractivity (Wildman–Crippen MR) is 103 cm³/mol. The minimum atomic E-state index is -0.529. The zero-order chi connectivity index (χ0) is 19.2. The molecule has 1 unspecified atom stereocenters. The summed E-state index contributed by atoms with van der Waals surface area (Å²) in [6.45, 7) is 0.713. The normalized spacial score (nSPS) is 18.3. The van der Waals surface area contributed by atoms with Gasteiger partial charge in [0.2, 0.25) is 11.8 Å². The van der Waals surface area contributed by atoms with Crippen LogP contribution in [0.15, 0.2) is 53.6 Å². The number of amides is 4. The number of nitrogens with zero attached hydrogens (tertiary/aromatic N) is 2. The number of fused-ring (bicyclic) bond motifs is 1. The molecule has 1 aliphatic carbocycles. The van der Waals surface area contributed by atoms with Gasteiger partial charge < -0.3 is 5.32 Å². The number of halogens is 1. The molecule has 27 heavy (non-hydrogen) atoms. The van der Waals surface area contributed by atoms with Gasteiger partial charge in [-0.05, 0) is 36.6 Å². The fourth-order valence-corrected chi connectivity index (χ4v) is 3.06. The maximum atomic E-state index is 12.4. The summed E-state index contributed by atoms with van der Waals surface area (Å²) in [5, 5.41) is 3.50. The summed E-state index contributed by atoms with van der Waals surface area (Å²) in [4.78, 5) is 41.5. The lowest BCUT2D eigenvalue weighted by molar-refractivity contribution is -0.129. The van der Waals surface area contributed by atoms with Crippen molar-refractivity contribution in [3.63, 3.8) is 0 Å². The van der Waals surface area contributed by atoms with E-state index in [0.717, 1.165) is 5.56 Å². The van der Waals surface area contributed by atoms with Crippen LogP contribution in [-0.4, -0.2) is 35.0 Å². The first-order chi connectivity index (χ1) is 13.0. The molecule has 4 amide bonds. The minimum absolute atomic E-state index is 0.0677. The molecule has 0 saturated heterocycles. The van der Waals surface area contributed by atoms with E-state index in [0.29, 0.717) is 36.5 Å². The second-order valence-corrected chi connectivity index (χ2v) is 6.83. The van der Waals surface area contributed by atoms with Gasteiger partial charge >= 0.3 is 6.03 Å². The molecular weight excluding hydrogens is 366 g/mol. The maximum absolute atomic E-state index is 12.4. The van der Waals surface area contributed by atoms with E-state index in [-0.39, 0.29) is 18.4 Å². The molecule has 1 aromatic carbocycles. The number of hydrogen-bond acceptors (Lipinski definition) is 3. The Bertz CT molecular complexity index is 827. The van der Waals surface area contributed by atoms with Gasteiger partial charge in [0.15, 0.2) is 0 Å². The third-order valence-electron chi connectivity index (χ3n) is 4.43. The summed E-state index contributed by atoms with van der Waals surface area (Å²) in [5.41, 5.74) is 1.46. The van der Waals surface area contributed by atoms with Gasteiger partial charge in [-0.25, -0.2) is 4.79 Å². The lowest BCUT2D eigenvalue weighted by atomic mass is 9.95. The molecule has 2 aliphatic rings. The molecule has 0 fully saturated rings. The zero-order valence-electron chi connectivity index (χ0n) is 14.7. The van der Waals surface area contributed by atoms with Crippen LogP contribution >= 0.6 is 11.6 Å². The Morgan fingerprint density at radius 2 is 1.93 bits per heavy atom. The fraction of sp³-hybridized carbons (Fsp3) is 0.300. The van der Waals surface area contributed by atoms with Gasteiger partial charge in [0.1, 0.15) is 0 Å². The molecule has 3 rings (SSSR count). The van der Waals surface area contributed by atoms with Gasteiger partial charge in [-0.3, -0.25) is 14.5 Å². The number of allylic oxidation sites excluding steroid dienone is 3. The first-order valence-electron chi connectivity index (χ1n) is 8.84. The van der Waals surface area contributed by atoms with Crippen LogP contribution in [0.1, 0.15) is 24.8 Å². The van der Waals surface area contributed by atoms with E-state index in [4.69, 9.17) is 11.6 Å². The van der Waals surface area contributed by atoms with E-state index >= 15 is 0 Å². The molecule has 1 aromatic rings. The summed E-state index contributed by atoms with van der Waals surface area (Å²) >= 11 is 5.83. The smallest absolute Gasteiger partial charge is 0.350 e. The highest BCUT2D eigenvalue weighted by molar-refractivity contribution is 6.30. The third kappa shape index (κ3) is 4.92. The van der Waals surface area contributed by atoms with Crippen molar-refractivity contribution in [1.29, 1.82) is 0 Å². The summed E-state index contributed by atoms with van der Waals surface area (Å²) in [7, 11) is 0. The van der Waals surface area contributed by atoms with Crippen molar-refractivity contribution in [2.75, 3.05) is 6.54 Å². The number of hydrogen-bond donors (Lipinski definition) is 1. The van der Waals surface area contributed by atoms with E-state index in [1.54, 1.807) is 36.4 Å². The number of aliphatic imine (C=N–C) groups is 1. The average Bonchev–Trinajstić information content (AvgIpc) is 2.67. The van der Waals surface area contributed by atoms with Crippen LogP contribution in [0.3, 0.4) is 0 Å². The van der Waals surface area contributed by atoms with E-state index < -0.39 is 11.9 Å². The van der Waals surface area contributed by atoms with Crippen LogP contribution in [0.5, 0.6) is 0 Å². The summed E-state index contributed by atoms with van der Waals surface area (Å²) in [5.74, 6) is -0.796. The van der Waals surface area contributed by atoms with Crippen molar-refractivity contribution in [2.24, 2.45) is 10.9 Å². The molecule has 1 aliphatic heterocycles. The number of urea groups is 1. The van der Waals surface area contributed by atoms with Crippen molar-refractivity contribution >= 4 is 35.2 Å². The number of imide groups is 1. The molecule has 0 bridgehead atoms. The zero-order valence-corrected chi connectivity index (χ0v) is 15.5. The maximum Gasteiger partial charge on any atom is 0.350 e. The second kappa shape index (κ2) is 8.77. The Kier molecular flexibility index (Phi) is 6.19. The molecule has 6 nitrogen and oxygen atoms in total. The number of benzene rings is 1. The highest BCUT2D eigenvalue weighted by atomic mass is 35.5. The van der Waals surface area contributed by atoms with Crippen molar-refractivity contribution in [2.45, 2.75) is 25.8 Å². The van der Waals surface area contributed by atoms with Crippen molar-refractivity contribution in [3.8, 4) is 0 Å². The van der Waals surface area contributed by atoms with E-state index in [1.807, 2.05) is 12.1 Å². The molecule has 1 heterocycles. The topological polar surface area (TPSA) is 78.8 Å². The predicted octanol–water partition coefficient (Wildman–Crippen LogP) is 3.27. The summed E-state index contributed by atoms with van der Waals surface area (Å²) in [6.07, 6.45) is 8.44. The molecule has 1 N–H and O–H groups in total. The SMILES string of the molecule is O=C(CCCCN1C(=O)N=C2C=CC=CC2C1=O)NCc1ccc(Cl)cc1. The Labute approximate surface area is 162 Å². The molecule has 0 radical (unpaired) electrons. The first kappa shape index (κ1) is 19.0. The largest absolute Gasteiger partial charge is 0.352 e. The lowest BCUT2D eigenvalue weighted by Crippen LogP contribution is -2.46. The molecule has 1 atom stereocenters. The second-order valence-electron chi connectivity index (χ2n) is 6.39. The van der Waals surface area contributed by atoms with Crippen molar-refractivity contribution in [1.82, 2.24) is 10.2 Å². The van der Waals surface area contributed by atoms with Crippen LogP contribution in [0.2, 0.25) is 5.02 Å². The van der Waals surface area contributed by atoms with Crippen LogP contribution in [0.4, 0.5) is 4.79 Å². The molecule has 0 aromatic heterocycles. The Hall–Kier alpha value is -2.73. The van der Waals surface area contributed by atoms with Crippen LogP contribution in [-0.2, 0) is 16.1 Å². The molecular formula is C20H20ClN3O3. The van der Waals surface area contributed by atoms with Gasteiger partial charge in [-0.2, -0.15) is 4.99 Å². The fourth-order valence-electron chi connectivity index (χ4n) is 2.93. The van der Waals surface area contributed by atoms with Crippen LogP contribution in [0, 0.1) is 5.92 Å². The average molecular weight is 386 g/mol. The monoisotopic (exact) mass is 385 g/mol. The number of unbranched alkanes of at least 4 members (excludes halogenated alkanes) is 1. The third-order valence-corrected chi connectivity index (χ3v) is 4.68. The van der Waals surface area contributed by atoms with E-state index in [2.05, 4.69) is 10.3 Å². The van der Waals surface area contributed by atoms with Crippen molar-refractivity contribution < 1.29 is 14.4 Å². The van der Waals surface area contributed by atoms with Crippen LogP contribution in [0.25, 0.3) is 0 Å².